The van der Waals surface area contributed by atoms with Crippen molar-refractivity contribution in [3.63, 3.8) is 0 Å². The van der Waals surface area contributed by atoms with E-state index in [9.17, 15) is 19.7 Å². The lowest BCUT2D eigenvalue weighted by atomic mass is 10.2. The van der Waals surface area contributed by atoms with E-state index in [0.717, 1.165) is 9.13 Å². The van der Waals surface area contributed by atoms with Crippen LogP contribution < -0.4 is 15.0 Å². The van der Waals surface area contributed by atoms with Gasteiger partial charge in [-0.15, -0.1) is 0 Å². The lowest BCUT2D eigenvalue weighted by Crippen LogP contribution is -2.43. The third-order valence-electron chi connectivity index (χ3n) is 3.85. The number of nitrogens with one attached hydrogen (secondary N) is 1. The van der Waals surface area contributed by atoms with E-state index in [4.69, 9.17) is 4.74 Å². The minimum Gasteiger partial charge on any atom is -0.482 e. The monoisotopic (exact) mass is 467 g/mol. The maximum Gasteiger partial charge on any atom is 0.271 e. The molecule has 1 N–H and O–H groups in total. The predicted octanol–water partition coefficient (Wildman–Crippen LogP) is 2.87. The number of carbonyl (C=O) groups is 2. The molecule has 0 radical (unpaired) electrons. The van der Waals surface area contributed by atoms with E-state index in [1.54, 1.807) is 6.07 Å². The fourth-order valence-electron chi connectivity index (χ4n) is 2.49. The van der Waals surface area contributed by atoms with E-state index in [1.807, 2.05) is 19.1 Å². The van der Waals surface area contributed by atoms with Crippen LogP contribution in [0.5, 0.6) is 5.75 Å². The Morgan fingerprint density at radius 2 is 2.12 bits per heavy atom. The first-order valence-corrected chi connectivity index (χ1v) is 8.70. The molecule has 2 amide bonds. The molecular formula is C17H14IN3O5. The zero-order valence-corrected chi connectivity index (χ0v) is 15.8. The molecule has 1 aliphatic heterocycles. The van der Waals surface area contributed by atoms with Gasteiger partial charge in [0.25, 0.3) is 11.6 Å². The van der Waals surface area contributed by atoms with Crippen LogP contribution in [0, 0.1) is 20.6 Å². The van der Waals surface area contributed by atoms with Crippen LogP contribution >= 0.6 is 22.6 Å². The molecule has 26 heavy (non-hydrogen) atoms. The topological polar surface area (TPSA) is 102 Å². The number of halogens is 1. The van der Waals surface area contributed by atoms with Gasteiger partial charge in [-0.1, -0.05) is 6.07 Å². The van der Waals surface area contributed by atoms with Crippen LogP contribution in [0.4, 0.5) is 17.1 Å². The third kappa shape index (κ3) is 3.77. The van der Waals surface area contributed by atoms with E-state index in [0.29, 0.717) is 11.4 Å². The molecule has 0 spiro atoms. The predicted molar refractivity (Wildman–Crippen MR) is 103 cm³/mol. The van der Waals surface area contributed by atoms with Gasteiger partial charge in [0.05, 0.1) is 10.6 Å². The first kappa shape index (κ1) is 18.1. The molecule has 0 fully saturated rings. The lowest BCUT2D eigenvalue weighted by molar-refractivity contribution is -0.384. The summed E-state index contributed by atoms with van der Waals surface area (Å²) in [6, 6.07) is 9.43. The van der Waals surface area contributed by atoms with Crippen LogP contribution in [-0.2, 0) is 9.59 Å². The second-order valence-electron chi connectivity index (χ2n) is 5.69. The molecule has 0 bridgehead atoms. The highest BCUT2D eigenvalue weighted by Gasteiger charge is 2.29. The molecule has 9 heteroatoms. The van der Waals surface area contributed by atoms with E-state index >= 15 is 0 Å². The van der Waals surface area contributed by atoms with Gasteiger partial charge in [-0.25, -0.2) is 0 Å². The molecule has 0 aliphatic carbocycles. The Bertz CT molecular complexity index is 915. The van der Waals surface area contributed by atoms with Crippen LogP contribution in [-0.4, -0.2) is 29.9 Å². The third-order valence-corrected chi connectivity index (χ3v) is 5.02. The van der Waals surface area contributed by atoms with E-state index < -0.39 is 16.7 Å². The summed E-state index contributed by atoms with van der Waals surface area (Å²) in [5, 5.41) is 13.7. The van der Waals surface area contributed by atoms with Gasteiger partial charge < -0.3 is 10.1 Å². The molecule has 0 saturated heterocycles. The van der Waals surface area contributed by atoms with Crippen molar-refractivity contribution in [2.45, 2.75) is 6.92 Å². The lowest BCUT2D eigenvalue weighted by Gasteiger charge is -2.28. The van der Waals surface area contributed by atoms with Gasteiger partial charge >= 0.3 is 0 Å². The number of carbonyl (C=O) groups excluding carboxylic acids is 2. The molecule has 1 heterocycles. The van der Waals surface area contributed by atoms with Crippen LogP contribution in [0.15, 0.2) is 36.4 Å². The molecule has 0 aromatic heterocycles. The minimum absolute atomic E-state index is 0.180. The van der Waals surface area contributed by atoms with Crippen molar-refractivity contribution in [2.75, 3.05) is 23.4 Å². The summed E-state index contributed by atoms with van der Waals surface area (Å²) in [5.41, 5.74) is 1.74. The highest BCUT2D eigenvalue weighted by Crippen LogP contribution is 2.35. The number of nitro groups is 1. The SMILES string of the molecule is Cc1ccc(NC(=O)CN2C(=O)COc3ccc([N+](=O)[O-])cc32)cc1I. The van der Waals surface area contributed by atoms with E-state index in [2.05, 4.69) is 27.9 Å². The van der Waals surface area contributed by atoms with Gasteiger partial charge in [-0.2, -0.15) is 0 Å². The number of nitro benzene ring substituents is 1. The zero-order valence-electron chi connectivity index (χ0n) is 13.7. The van der Waals surface area contributed by atoms with Crippen molar-refractivity contribution in [3.8, 4) is 5.75 Å². The van der Waals surface area contributed by atoms with Crippen LogP contribution in [0.2, 0.25) is 0 Å². The Labute approximate surface area is 162 Å². The van der Waals surface area contributed by atoms with Crippen LogP contribution in [0.25, 0.3) is 0 Å². The summed E-state index contributed by atoms with van der Waals surface area (Å²) in [5.74, 6) is -0.517. The van der Waals surface area contributed by atoms with Crippen molar-refractivity contribution < 1.29 is 19.2 Å². The molecule has 1 aliphatic rings. The number of rotatable bonds is 4. The fraction of sp³-hybridized carbons (Fsp3) is 0.176. The largest absolute Gasteiger partial charge is 0.482 e. The molecular weight excluding hydrogens is 453 g/mol. The molecule has 0 unspecified atom stereocenters. The number of non-ortho nitro benzene ring substituents is 1. The van der Waals surface area contributed by atoms with Crippen molar-refractivity contribution in [1.29, 1.82) is 0 Å². The number of fused-ring (bicyclic) bond motifs is 1. The van der Waals surface area contributed by atoms with Gasteiger partial charge in [0, 0.05) is 21.4 Å². The molecule has 2 aromatic rings. The van der Waals surface area contributed by atoms with Gasteiger partial charge in [0.1, 0.15) is 12.3 Å². The number of nitrogens with zero attached hydrogens (tertiary/aromatic N) is 2. The molecule has 2 aromatic carbocycles. The Balaban J connectivity index is 1.81. The van der Waals surface area contributed by atoms with Crippen molar-refractivity contribution in [3.05, 3.63) is 55.6 Å². The maximum atomic E-state index is 12.4. The Hall–Kier alpha value is -2.69. The molecule has 0 atom stereocenters. The summed E-state index contributed by atoms with van der Waals surface area (Å²) >= 11 is 2.17. The maximum absolute atomic E-state index is 12.4. The minimum atomic E-state index is -0.564. The number of amides is 2. The quantitative estimate of drug-likeness (QED) is 0.424. The van der Waals surface area contributed by atoms with Crippen molar-refractivity contribution in [1.82, 2.24) is 0 Å². The number of hydrogen-bond acceptors (Lipinski definition) is 5. The summed E-state index contributed by atoms with van der Waals surface area (Å²) < 4.78 is 6.29. The molecule has 134 valence electrons. The standard InChI is InChI=1S/C17H14IN3O5/c1-10-2-3-11(6-13(10)18)19-16(22)8-20-14-7-12(21(24)25)4-5-15(14)26-9-17(20)23/h2-7H,8-9H2,1H3,(H,19,22). The Morgan fingerprint density at radius 3 is 2.81 bits per heavy atom. The van der Waals surface area contributed by atoms with Crippen molar-refractivity contribution in [2.24, 2.45) is 0 Å². The van der Waals surface area contributed by atoms with Crippen LogP contribution in [0.1, 0.15) is 5.56 Å². The highest BCUT2D eigenvalue weighted by molar-refractivity contribution is 14.1. The smallest absolute Gasteiger partial charge is 0.271 e. The normalized spacial score (nSPS) is 13.0. The first-order chi connectivity index (χ1) is 12.3. The first-order valence-electron chi connectivity index (χ1n) is 7.63. The summed E-state index contributed by atoms with van der Waals surface area (Å²) in [6.45, 7) is 1.48. The summed E-state index contributed by atoms with van der Waals surface area (Å²) in [7, 11) is 0. The number of aryl methyl sites for hydroxylation is 1. The Morgan fingerprint density at radius 1 is 1.35 bits per heavy atom. The zero-order chi connectivity index (χ0) is 18.8. The molecule has 8 nitrogen and oxygen atoms in total. The van der Waals surface area contributed by atoms with E-state index in [1.165, 1.54) is 23.1 Å². The number of benzene rings is 2. The average Bonchev–Trinajstić information content (AvgIpc) is 2.60. The average molecular weight is 467 g/mol. The van der Waals surface area contributed by atoms with Gasteiger partial charge in [-0.05, 0) is 53.3 Å². The van der Waals surface area contributed by atoms with Gasteiger partial charge in [-0.3, -0.25) is 24.6 Å². The fourth-order valence-corrected chi connectivity index (χ4v) is 3.01. The van der Waals surface area contributed by atoms with E-state index in [-0.39, 0.29) is 24.5 Å². The van der Waals surface area contributed by atoms with Crippen LogP contribution in [0.3, 0.4) is 0 Å². The Kier molecular flexibility index (Phi) is 5.07. The van der Waals surface area contributed by atoms with Gasteiger partial charge in [0.2, 0.25) is 5.91 Å². The molecule has 3 rings (SSSR count). The number of anilines is 2. The summed E-state index contributed by atoms with van der Waals surface area (Å²) in [4.78, 5) is 36.2. The highest BCUT2D eigenvalue weighted by atomic mass is 127. The second kappa shape index (κ2) is 7.28. The van der Waals surface area contributed by atoms with Crippen molar-refractivity contribution >= 4 is 51.5 Å². The number of hydrogen-bond donors (Lipinski definition) is 1. The molecule has 0 saturated carbocycles. The second-order valence-corrected chi connectivity index (χ2v) is 6.85. The summed E-state index contributed by atoms with van der Waals surface area (Å²) in [6.07, 6.45) is 0. The number of ether oxygens (including phenoxy) is 1. The van der Waals surface area contributed by atoms with Gasteiger partial charge in [0.15, 0.2) is 6.61 Å².